The number of hydrogen-bond acceptors (Lipinski definition) is 8. The van der Waals surface area contributed by atoms with E-state index in [1.165, 1.54) is 0 Å². The lowest BCUT2D eigenvalue weighted by atomic mass is 9.46. The zero-order chi connectivity index (χ0) is 27.1. The fraction of sp³-hybridized carbons (Fsp3) is 0.710. The maximum Gasteiger partial charge on any atom is 0.338 e. The number of likely N-dealkylation sites (tertiary alicyclic amines) is 1. The number of fused-ring (bicyclic) bond motifs is 1. The molecule has 0 radical (unpaired) electrons. The molecule has 2 aliphatic heterocycles. The molecule has 1 aromatic carbocycles. The third-order valence-electron chi connectivity index (χ3n) is 11.4. The molecule has 212 valence electrons. The van der Waals surface area contributed by atoms with E-state index in [-0.39, 0.29) is 65.0 Å². The molecule has 5 fully saturated rings. The van der Waals surface area contributed by atoms with Crippen LogP contribution >= 0.6 is 0 Å². The summed E-state index contributed by atoms with van der Waals surface area (Å²) < 4.78 is 31.7. The van der Waals surface area contributed by atoms with Crippen LogP contribution in [-0.2, 0) is 23.7 Å². The first-order valence-corrected chi connectivity index (χ1v) is 14.5. The van der Waals surface area contributed by atoms with Gasteiger partial charge in [-0.05, 0) is 49.4 Å². The molecule has 6 aliphatic rings. The van der Waals surface area contributed by atoms with Crippen LogP contribution in [0.15, 0.2) is 42.0 Å². The highest BCUT2D eigenvalue weighted by Crippen LogP contribution is 2.73. The Bertz CT molecular complexity index is 1140. The van der Waals surface area contributed by atoms with Crippen LogP contribution in [0.2, 0.25) is 0 Å². The number of esters is 1. The van der Waals surface area contributed by atoms with E-state index in [2.05, 4.69) is 17.9 Å². The number of methoxy groups -OCH3 is 3. The minimum absolute atomic E-state index is 0.00227. The summed E-state index contributed by atoms with van der Waals surface area (Å²) in [6, 6.07) is 9.19. The minimum Gasteiger partial charge on any atom is -0.458 e. The van der Waals surface area contributed by atoms with Crippen molar-refractivity contribution in [1.82, 2.24) is 4.90 Å². The van der Waals surface area contributed by atoms with Gasteiger partial charge in [-0.15, -0.1) is 0 Å². The van der Waals surface area contributed by atoms with Gasteiger partial charge in [0.25, 0.3) is 0 Å². The van der Waals surface area contributed by atoms with Crippen molar-refractivity contribution in [2.75, 3.05) is 41.0 Å². The first kappa shape index (κ1) is 26.1. The number of carbonyl (C=O) groups excluding carboxylic acids is 1. The highest BCUT2D eigenvalue weighted by atomic mass is 16.6. The van der Waals surface area contributed by atoms with Crippen LogP contribution in [0.3, 0.4) is 0 Å². The number of aliphatic hydroxyl groups is 1. The summed E-state index contributed by atoms with van der Waals surface area (Å²) in [4.78, 5) is 15.9. The van der Waals surface area contributed by atoms with Crippen LogP contribution in [0.1, 0.15) is 36.5 Å². The van der Waals surface area contributed by atoms with Crippen LogP contribution in [0.4, 0.5) is 0 Å². The highest BCUT2D eigenvalue weighted by Gasteiger charge is 2.79. The molecule has 2 unspecified atom stereocenters. The smallest absolute Gasteiger partial charge is 0.338 e. The van der Waals surface area contributed by atoms with E-state index in [1.54, 1.807) is 26.4 Å². The number of piperidine rings is 1. The summed E-state index contributed by atoms with van der Waals surface area (Å²) in [5.41, 5.74) is 1.06. The molecule has 39 heavy (non-hydrogen) atoms. The van der Waals surface area contributed by atoms with Gasteiger partial charge in [-0.1, -0.05) is 31.2 Å². The quantitative estimate of drug-likeness (QED) is 0.418. The van der Waals surface area contributed by atoms with Crippen molar-refractivity contribution in [3.8, 4) is 0 Å². The average Bonchev–Trinajstić information content (AvgIpc) is 3.33. The van der Waals surface area contributed by atoms with E-state index >= 15 is 0 Å². The van der Waals surface area contributed by atoms with Crippen LogP contribution in [0.5, 0.6) is 0 Å². The molecule has 3 saturated carbocycles. The summed E-state index contributed by atoms with van der Waals surface area (Å²) in [7, 11) is 5.29. The van der Waals surface area contributed by atoms with Gasteiger partial charge in [0.2, 0.25) is 0 Å². The van der Waals surface area contributed by atoms with Gasteiger partial charge in [0.1, 0.15) is 18.4 Å². The predicted molar refractivity (Wildman–Crippen MR) is 142 cm³/mol. The van der Waals surface area contributed by atoms with Crippen LogP contribution in [-0.4, -0.2) is 93.7 Å². The molecule has 1 N–H and O–H groups in total. The Balaban J connectivity index is 1.39. The van der Waals surface area contributed by atoms with Crippen molar-refractivity contribution in [3.63, 3.8) is 0 Å². The Morgan fingerprint density at radius 2 is 1.95 bits per heavy atom. The van der Waals surface area contributed by atoms with Crippen molar-refractivity contribution in [3.05, 3.63) is 47.5 Å². The molecule has 0 amide bonds. The Kier molecular flexibility index (Phi) is 6.27. The van der Waals surface area contributed by atoms with Gasteiger partial charge in [-0.2, -0.15) is 0 Å². The number of nitrogens with zero attached hydrogens (tertiary/aromatic N) is 1. The van der Waals surface area contributed by atoms with Gasteiger partial charge in [-0.3, -0.25) is 4.90 Å². The number of carbonyl (C=O) groups is 1. The number of rotatable bonds is 7. The van der Waals surface area contributed by atoms with E-state index < -0.39 is 12.2 Å². The Morgan fingerprint density at radius 1 is 1.15 bits per heavy atom. The molecule has 0 spiro atoms. The summed E-state index contributed by atoms with van der Waals surface area (Å²) in [6.07, 6.45) is 3.05. The topological polar surface area (TPSA) is 86.7 Å². The van der Waals surface area contributed by atoms with Crippen molar-refractivity contribution in [2.24, 2.45) is 34.5 Å². The maximum atomic E-state index is 13.4. The fourth-order valence-electron chi connectivity index (χ4n) is 10.4. The Hall–Kier alpha value is -1.81. The molecule has 1 aromatic rings. The number of benzene rings is 1. The van der Waals surface area contributed by atoms with E-state index in [0.29, 0.717) is 12.2 Å². The van der Waals surface area contributed by atoms with Crippen LogP contribution < -0.4 is 0 Å². The van der Waals surface area contributed by atoms with E-state index in [9.17, 15) is 9.90 Å². The van der Waals surface area contributed by atoms with Gasteiger partial charge in [0.05, 0.1) is 30.5 Å². The molecule has 8 nitrogen and oxygen atoms in total. The van der Waals surface area contributed by atoms with E-state index in [4.69, 9.17) is 23.7 Å². The summed E-state index contributed by atoms with van der Waals surface area (Å²) in [5.74, 6) is -0.261. The van der Waals surface area contributed by atoms with E-state index in [1.807, 2.05) is 25.3 Å². The van der Waals surface area contributed by atoms with Crippen LogP contribution in [0, 0.1) is 34.5 Å². The lowest BCUT2D eigenvalue weighted by Crippen LogP contribution is -2.71. The third kappa shape index (κ3) is 3.30. The van der Waals surface area contributed by atoms with Crippen LogP contribution in [0.25, 0.3) is 0 Å². The van der Waals surface area contributed by atoms with Crippen molar-refractivity contribution in [2.45, 2.75) is 62.9 Å². The molecule has 2 heterocycles. The second-order valence-electron chi connectivity index (χ2n) is 12.6. The van der Waals surface area contributed by atoms with Gasteiger partial charge in [0, 0.05) is 56.5 Å². The molecule has 2 saturated heterocycles. The normalized spacial score (nSPS) is 47.5. The summed E-state index contributed by atoms with van der Waals surface area (Å²) in [5, 5.41) is 11.7. The van der Waals surface area contributed by atoms with Gasteiger partial charge >= 0.3 is 5.97 Å². The van der Waals surface area contributed by atoms with Gasteiger partial charge in [-0.25, -0.2) is 4.79 Å². The second-order valence-corrected chi connectivity index (χ2v) is 12.6. The average molecular weight is 540 g/mol. The third-order valence-corrected chi connectivity index (χ3v) is 11.4. The number of hydrogen-bond donors (Lipinski definition) is 1. The second kappa shape index (κ2) is 9.36. The molecule has 0 aromatic heterocycles. The number of ether oxygens (including phenoxy) is 5. The number of aliphatic hydroxyl groups excluding tert-OH is 1. The minimum atomic E-state index is -0.762. The predicted octanol–water partition coefficient (Wildman–Crippen LogP) is 2.90. The standard InChI is InChI=1S/C31H41NO7/c1-5-32-15-30(16-35-2)12-11-22(36-3)31-20-13-19-25(39-28(34)17-9-7-6-8-10-17)23(20)18(24(33)26(19)37-4)14-21(27(30)31)38-29(31)32/h6-10,14,19-27,29,33H,5,11-13,15-16H2,1-4H3/t19?,20-,21+,22+,23-,24-,25+,26-,27-,29?,30+,31+/m1/s1. The highest BCUT2D eigenvalue weighted by molar-refractivity contribution is 5.89. The Morgan fingerprint density at radius 3 is 2.64 bits per heavy atom. The SMILES string of the molecule is CCN1C[C@]2(COC)CC[C@H](OC)[C@@]34C1O[C@@H](C=C1[C@@H]5[C@H]3CC([C@@H](OC)[C@@H]1O)[C@@H]5OC(=O)c1ccccc1)[C@H]24. The van der Waals surface area contributed by atoms with Crippen molar-refractivity contribution >= 4 is 5.97 Å². The zero-order valence-electron chi connectivity index (χ0n) is 23.3. The zero-order valence-corrected chi connectivity index (χ0v) is 23.3. The van der Waals surface area contributed by atoms with Crippen molar-refractivity contribution in [1.29, 1.82) is 0 Å². The van der Waals surface area contributed by atoms with Gasteiger partial charge < -0.3 is 28.8 Å². The molecule has 7 bridgehead atoms. The summed E-state index contributed by atoms with van der Waals surface area (Å²) >= 11 is 0. The first-order chi connectivity index (χ1) is 18.9. The summed E-state index contributed by atoms with van der Waals surface area (Å²) in [6.45, 7) is 4.68. The molecule has 7 rings (SSSR count). The molecule has 8 heteroatoms. The molecular weight excluding hydrogens is 498 g/mol. The molecule has 4 aliphatic carbocycles. The molecule has 12 atom stereocenters. The molecular formula is C31H41NO7. The fourth-order valence-corrected chi connectivity index (χ4v) is 10.4. The van der Waals surface area contributed by atoms with E-state index in [0.717, 1.165) is 37.9 Å². The van der Waals surface area contributed by atoms with Crippen molar-refractivity contribution < 1.29 is 33.6 Å². The first-order valence-electron chi connectivity index (χ1n) is 14.5. The maximum absolute atomic E-state index is 13.4. The monoisotopic (exact) mass is 539 g/mol. The van der Waals surface area contributed by atoms with Gasteiger partial charge in [0.15, 0.2) is 0 Å². The largest absolute Gasteiger partial charge is 0.458 e. The Labute approximate surface area is 230 Å². The lowest BCUT2D eigenvalue weighted by molar-refractivity contribution is -0.246. The lowest BCUT2D eigenvalue weighted by Gasteiger charge is -2.64.